The van der Waals surface area contributed by atoms with E-state index in [9.17, 15) is 80.8 Å². The molecule has 0 aliphatic carbocycles. The zero-order valence-corrected chi connectivity index (χ0v) is 42.7. The number of nitrogens with one attached hydrogen (secondary N) is 2. The Morgan fingerprint density at radius 1 is 0.705 bits per heavy atom. The van der Waals surface area contributed by atoms with Crippen molar-refractivity contribution in [3.8, 4) is 0 Å². The molecular formula is C52H71N2O24-. The highest BCUT2D eigenvalue weighted by atomic mass is 16.8. The van der Waals surface area contributed by atoms with Crippen molar-refractivity contribution in [3.05, 3.63) is 83.4 Å². The molecule has 0 bridgehead atoms. The van der Waals surface area contributed by atoms with Gasteiger partial charge in [0, 0.05) is 25.5 Å². The van der Waals surface area contributed by atoms with Crippen LogP contribution < -0.4 is 15.7 Å². The molecule has 4 fully saturated rings. The second-order valence-electron chi connectivity index (χ2n) is 19.9. The van der Waals surface area contributed by atoms with E-state index in [0.29, 0.717) is 31.1 Å². The molecule has 4 saturated heterocycles. The highest BCUT2D eigenvalue weighted by molar-refractivity contribution is 5.98. The van der Waals surface area contributed by atoms with Crippen LogP contribution in [-0.2, 0) is 60.3 Å². The number of fused-ring (bicyclic) bond motifs is 1. The number of aliphatic hydroxyl groups is 12. The van der Waals surface area contributed by atoms with E-state index in [2.05, 4.69) is 10.6 Å². The van der Waals surface area contributed by atoms with Crippen LogP contribution in [0.25, 0.3) is 10.8 Å². The van der Waals surface area contributed by atoms with E-state index in [1.807, 2.05) is 36.4 Å². The van der Waals surface area contributed by atoms with E-state index < -0.39 is 172 Å². The number of carboxylic acids is 1. The van der Waals surface area contributed by atoms with Crippen molar-refractivity contribution in [2.75, 3.05) is 33.0 Å². The maximum atomic E-state index is 14.5. The molecule has 4 aliphatic heterocycles. The number of rotatable bonds is 23. The third kappa shape index (κ3) is 14.0. The monoisotopic (exact) mass is 1110 g/mol. The Labute approximate surface area is 447 Å². The van der Waals surface area contributed by atoms with Crippen LogP contribution >= 0.6 is 0 Å². The number of hydrogen-bond donors (Lipinski definition) is 14. The number of amides is 2. The molecule has 434 valence electrons. The first kappa shape index (κ1) is 61.2. The molecule has 3 aromatic carbocycles. The molecule has 0 spiro atoms. The van der Waals surface area contributed by atoms with Crippen LogP contribution in [0.1, 0.15) is 54.6 Å². The molecule has 14 N–H and O–H groups in total. The van der Waals surface area contributed by atoms with Gasteiger partial charge in [0.15, 0.2) is 18.9 Å². The molecule has 0 saturated carbocycles. The zero-order chi connectivity index (χ0) is 56.6. The minimum atomic E-state index is -3.26. The summed E-state index contributed by atoms with van der Waals surface area (Å²) in [5.74, 6) is -7.08. The Kier molecular flexibility index (Phi) is 21.4. The first-order chi connectivity index (χ1) is 37.2. The van der Waals surface area contributed by atoms with Gasteiger partial charge in [0.25, 0.3) is 5.91 Å². The second-order valence-corrected chi connectivity index (χ2v) is 19.9. The van der Waals surface area contributed by atoms with Crippen LogP contribution in [0.5, 0.6) is 0 Å². The summed E-state index contributed by atoms with van der Waals surface area (Å²) >= 11 is 0. The molecule has 0 aromatic heterocycles. The number of aliphatic carboxylic acids is 1. The lowest BCUT2D eigenvalue weighted by Gasteiger charge is -2.53. The van der Waals surface area contributed by atoms with Gasteiger partial charge in [-0.15, -0.1) is 0 Å². The highest BCUT2D eigenvalue weighted by Gasteiger charge is 2.59. The van der Waals surface area contributed by atoms with E-state index in [1.165, 1.54) is 6.92 Å². The van der Waals surface area contributed by atoms with E-state index in [1.54, 1.807) is 30.3 Å². The third-order valence-electron chi connectivity index (χ3n) is 14.4. The summed E-state index contributed by atoms with van der Waals surface area (Å²) < 4.78 is 48.7. The fourth-order valence-electron chi connectivity index (χ4n) is 10.1. The maximum Gasteiger partial charge on any atom is 0.251 e. The molecule has 0 unspecified atom stereocenters. The van der Waals surface area contributed by atoms with Crippen LogP contribution in [0.15, 0.2) is 66.7 Å². The summed E-state index contributed by atoms with van der Waals surface area (Å²) in [6, 6.07) is 16.6. The van der Waals surface area contributed by atoms with Crippen LogP contribution in [0.3, 0.4) is 0 Å². The summed E-state index contributed by atoms with van der Waals surface area (Å²) in [4.78, 5) is 39.8. The van der Waals surface area contributed by atoms with Gasteiger partial charge in [-0.2, -0.15) is 0 Å². The third-order valence-corrected chi connectivity index (χ3v) is 14.4. The van der Waals surface area contributed by atoms with Gasteiger partial charge in [-0.3, -0.25) is 9.59 Å². The number of hydrogen-bond acceptors (Lipinski definition) is 24. The minimum Gasteiger partial charge on any atom is -0.544 e. The van der Waals surface area contributed by atoms with Crippen molar-refractivity contribution in [3.63, 3.8) is 0 Å². The fourth-order valence-corrected chi connectivity index (χ4v) is 10.1. The molecule has 4 heterocycles. The van der Waals surface area contributed by atoms with Crippen LogP contribution in [0.2, 0.25) is 0 Å². The van der Waals surface area contributed by atoms with E-state index in [-0.39, 0.29) is 18.8 Å². The predicted octanol–water partition coefficient (Wildman–Crippen LogP) is -5.53. The van der Waals surface area contributed by atoms with Gasteiger partial charge >= 0.3 is 0 Å². The Bertz CT molecular complexity index is 2440. The van der Waals surface area contributed by atoms with E-state index >= 15 is 0 Å². The average Bonchev–Trinajstić information content (AvgIpc) is 3.50. The van der Waals surface area contributed by atoms with Crippen molar-refractivity contribution in [1.82, 2.24) is 10.6 Å². The van der Waals surface area contributed by atoms with Gasteiger partial charge in [-0.1, -0.05) is 54.6 Å². The van der Waals surface area contributed by atoms with E-state index in [4.69, 9.17) is 37.9 Å². The maximum absolute atomic E-state index is 14.5. The normalized spacial score (nSPS) is 36.1. The summed E-state index contributed by atoms with van der Waals surface area (Å²) in [5.41, 5.74) is 2.08. The zero-order valence-electron chi connectivity index (χ0n) is 42.7. The molecule has 7 rings (SSSR count). The van der Waals surface area contributed by atoms with Crippen molar-refractivity contribution < 1.29 is 119 Å². The Hall–Kier alpha value is -4.47. The first-order valence-electron chi connectivity index (χ1n) is 25.7. The predicted molar refractivity (Wildman–Crippen MR) is 262 cm³/mol. The lowest BCUT2D eigenvalue weighted by atomic mass is 9.88. The van der Waals surface area contributed by atoms with Gasteiger partial charge in [0.1, 0.15) is 91.4 Å². The van der Waals surface area contributed by atoms with Crippen molar-refractivity contribution in [2.45, 2.75) is 174 Å². The van der Waals surface area contributed by atoms with Gasteiger partial charge < -0.3 is 120 Å². The summed E-state index contributed by atoms with van der Waals surface area (Å²) in [6.07, 6.45) is -33.5. The molecule has 2 amide bonds. The van der Waals surface area contributed by atoms with Crippen molar-refractivity contribution >= 4 is 28.6 Å². The van der Waals surface area contributed by atoms with Crippen LogP contribution in [-0.4, -0.2) is 240 Å². The van der Waals surface area contributed by atoms with Crippen LogP contribution in [0, 0.1) is 0 Å². The van der Waals surface area contributed by atoms with Gasteiger partial charge in [0.2, 0.25) is 11.7 Å². The fraction of sp³-hybridized carbons (Fsp3) is 0.635. The standard InChI is InChI=1S/C52H72N2O24/c1-24-37(62)40(65)41(66)49(72-24)76-45-36(54-47(68)30-15-14-28-12-3-4-13-29(28)19-30)48(71-17-7-11-27-9-5-8-26(18-27)10-6-16-55)74-34(23-58)43(45)75-50-42(67)46(39(64)33(22-57)73-50)78-52(51(69)70)20-31(60)35(53-25(2)59)44(77-52)38(63)32(61)21-56/h3-5,8-9,12-15,18-19,24,31-46,48-50,55-58,60-67H,6-7,10-11,16-17,20-23H2,1-2H3,(H,53,59)(H,54,68)(H,69,70)/p-1/t24-,31+,32+,33-,34-,35+,36-,37+,38+,39-,40-,41-,42-,43+,44+,45+,46-,48+,49-,50-,52-/m0/s1. The Morgan fingerprint density at radius 2 is 1.36 bits per heavy atom. The molecule has 4 aliphatic rings. The highest BCUT2D eigenvalue weighted by Crippen LogP contribution is 2.39. The number of aliphatic hydroxyl groups excluding tert-OH is 12. The van der Waals surface area contributed by atoms with Crippen LogP contribution in [0.4, 0.5) is 0 Å². The quantitative estimate of drug-likeness (QED) is 0.0394. The van der Waals surface area contributed by atoms with Gasteiger partial charge in [-0.05, 0) is 66.6 Å². The Balaban J connectivity index is 1.24. The lowest BCUT2D eigenvalue weighted by Crippen LogP contribution is -2.72. The molecule has 3 aromatic rings. The number of aryl methyl sites for hydroxylation is 2. The molecule has 21 atom stereocenters. The summed E-state index contributed by atoms with van der Waals surface area (Å²) in [5, 5.41) is 150. The molecule has 26 nitrogen and oxygen atoms in total. The lowest BCUT2D eigenvalue weighted by molar-refractivity contribution is -0.412. The van der Waals surface area contributed by atoms with Crippen molar-refractivity contribution in [1.29, 1.82) is 0 Å². The smallest absolute Gasteiger partial charge is 0.251 e. The minimum absolute atomic E-state index is 0.0232. The average molecular weight is 1110 g/mol. The number of carboxylic acid groups (broad SMARTS) is 1. The topological polar surface area (TPSA) is 415 Å². The molecule has 26 heteroatoms. The second kappa shape index (κ2) is 27.3. The van der Waals surface area contributed by atoms with E-state index in [0.717, 1.165) is 23.4 Å². The number of ether oxygens (including phenoxy) is 8. The van der Waals surface area contributed by atoms with Crippen molar-refractivity contribution in [2.24, 2.45) is 0 Å². The largest absolute Gasteiger partial charge is 0.544 e. The SMILES string of the molecule is CC(=O)N[C@H]1[C@H]([C@H](O)[C@H](O)CO)O[C@@](O[C@@H]2[C@H](O)[C@H](O[C@H]3[C@H](O[C@@H]4O[C@@H](C)[C@@H](O)[C@H](O)[C@@H]4O)[C@H](NC(=O)c4ccc5ccccc5c4)[C@H](OCCCc4cccc(CCCO)c4)O[C@H]3CO)O[C@@H](CO)[C@@H]2O)(C(=O)[O-])C[C@H]1O. The van der Waals surface area contributed by atoms with Gasteiger partial charge in [0.05, 0.1) is 44.7 Å². The number of carbonyl (C=O) groups excluding carboxylic acids is 3. The molecule has 78 heavy (non-hydrogen) atoms. The number of benzene rings is 3. The summed E-state index contributed by atoms with van der Waals surface area (Å²) in [6.45, 7) is -0.777. The first-order valence-corrected chi connectivity index (χ1v) is 25.7. The summed E-state index contributed by atoms with van der Waals surface area (Å²) in [7, 11) is 0. The molecule has 0 radical (unpaired) electrons. The Morgan fingerprint density at radius 3 is 2.01 bits per heavy atom. The molecular weight excluding hydrogens is 1040 g/mol. The number of carbonyl (C=O) groups is 3. The van der Waals surface area contributed by atoms with Gasteiger partial charge in [-0.25, -0.2) is 0 Å².